The molecule has 8 heteroatoms. The summed E-state index contributed by atoms with van der Waals surface area (Å²) < 4.78 is 5.24. The van der Waals surface area contributed by atoms with Gasteiger partial charge in [0.05, 0.1) is 31.5 Å². The quantitative estimate of drug-likeness (QED) is 0.764. The molecule has 1 atom stereocenters. The van der Waals surface area contributed by atoms with Crippen LogP contribution in [0, 0.1) is 0 Å². The lowest BCUT2D eigenvalue weighted by Crippen LogP contribution is -2.45. The van der Waals surface area contributed by atoms with Crippen LogP contribution in [-0.4, -0.2) is 47.8 Å². The molecule has 0 aliphatic carbocycles. The summed E-state index contributed by atoms with van der Waals surface area (Å²) in [6.07, 6.45) is 3.41. The van der Waals surface area contributed by atoms with Crippen LogP contribution in [0.25, 0.3) is 0 Å². The number of hydrogen-bond acceptors (Lipinski definition) is 6. The average molecular weight is 370 g/mol. The van der Waals surface area contributed by atoms with Crippen LogP contribution in [0.4, 0.5) is 11.8 Å². The second kappa shape index (κ2) is 8.03. The summed E-state index contributed by atoms with van der Waals surface area (Å²) in [5.74, 6) is 0.887. The number of hydrogen-bond donors (Lipinski definition) is 2. The number of nitrogens with zero attached hydrogens (tertiary/aromatic N) is 2. The lowest BCUT2D eigenvalue weighted by Gasteiger charge is -2.30. The molecule has 1 fully saturated rings. The Labute approximate surface area is 157 Å². The van der Waals surface area contributed by atoms with Crippen molar-refractivity contribution in [1.82, 2.24) is 9.88 Å². The number of aromatic nitrogens is 2. The van der Waals surface area contributed by atoms with Gasteiger partial charge in [-0.2, -0.15) is 0 Å². The molecule has 4 N–H and O–H groups in total. The van der Waals surface area contributed by atoms with Crippen LogP contribution in [0.3, 0.4) is 0 Å². The zero-order valence-corrected chi connectivity index (χ0v) is 15.5. The maximum Gasteiger partial charge on any atom is 0.391 e. The van der Waals surface area contributed by atoms with E-state index in [1.54, 1.807) is 37.4 Å². The Kier molecular flexibility index (Phi) is 5.54. The number of H-pyrrole nitrogens is 1. The first kappa shape index (κ1) is 18.6. The third kappa shape index (κ3) is 4.16. The number of methoxy groups -OCH3 is 1. The third-order valence-corrected chi connectivity index (χ3v) is 4.67. The number of aromatic amines is 1. The van der Waals surface area contributed by atoms with E-state index >= 15 is 0 Å². The van der Waals surface area contributed by atoms with E-state index < -0.39 is 0 Å². The maximum atomic E-state index is 12.8. The number of nitrogens with two attached hydrogens (primary N) is 1. The van der Waals surface area contributed by atoms with Crippen molar-refractivity contribution in [2.45, 2.75) is 25.8 Å². The molecule has 1 unspecified atom stereocenters. The summed E-state index contributed by atoms with van der Waals surface area (Å²) in [5.41, 5.74) is 6.73. The Hall–Kier alpha value is -3.16. The summed E-state index contributed by atoms with van der Waals surface area (Å²) >= 11 is 0. The van der Waals surface area contributed by atoms with Gasteiger partial charge in [-0.25, -0.2) is 4.98 Å². The highest BCUT2D eigenvalue weighted by molar-refractivity contribution is 6.12. The number of ketones is 1. The van der Waals surface area contributed by atoms with Gasteiger partial charge in [0.15, 0.2) is 0 Å². The molecule has 1 amide bonds. The molecule has 142 valence electrons. The van der Waals surface area contributed by atoms with E-state index in [9.17, 15) is 9.59 Å². The Bertz CT molecular complexity index is 855. The van der Waals surface area contributed by atoms with Crippen LogP contribution in [-0.2, 0) is 4.79 Å². The van der Waals surface area contributed by atoms with E-state index in [1.807, 2.05) is 4.90 Å². The fourth-order valence-corrected chi connectivity index (χ4v) is 3.23. The first-order valence-corrected chi connectivity index (χ1v) is 8.87. The minimum Gasteiger partial charge on any atom is -0.496 e. The highest BCUT2D eigenvalue weighted by Crippen LogP contribution is 2.23. The Morgan fingerprint density at radius 2 is 2.11 bits per heavy atom. The van der Waals surface area contributed by atoms with E-state index in [0.29, 0.717) is 23.8 Å². The molecule has 1 aromatic carbocycles. The second-order valence-electron chi connectivity index (χ2n) is 6.53. The van der Waals surface area contributed by atoms with Crippen LogP contribution in [0.5, 0.6) is 5.75 Å². The molecule has 0 bridgehead atoms. The number of amides is 1. The largest absolute Gasteiger partial charge is 0.496 e. The molecule has 3 rings (SSSR count). The number of likely N-dealkylation sites (tertiary alicyclic amines) is 1. The highest BCUT2D eigenvalue weighted by Gasteiger charge is 2.26. The topological polar surface area (TPSA) is 112 Å². The molecule has 0 radical (unpaired) electrons. The number of rotatable bonds is 5. The molecule has 1 aliphatic heterocycles. The van der Waals surface area contributed by atoms with E-state index in [0.717, 1.165) is 19.4 Å². The molecular weight excluding hydrogens is 346 g/mol. The van der Waals surface area contributed by atoms with Crippen LogP contribution in [0.15, 0.2) is 30.5 Å². The Morgan fingerprint density at radius 3 is 2.81 bits per heavy atom. The number of nitrogen functional groups attached to an aromatic ring is 1. The van der Waals surface area contributed by atoms with Crippen molar-refractivity contribution in [1.29, 1.82) is 0 Å². The van der Waals surface area contributed by atoms with Crippen molar-refractivity contribution < 1.29 is 19.3 Å². The van der Waals surface area contributed by atoms with Gasteiger partial charge in [-0.1, -0.05) is 17.1 Å². The van der Waals surface area contributed by atoms with Crippen LogP contribution < -0.4 is 20.8 Å². The van der Waals surface area contributed by atoms with Crippen molar-refractivity contribution in [3.8, 4) is 5.75 Å². The number of anilines is 2. The standard InChI is InChI=1S/C19H23N5O3/c1-12(25)24-9-5-6-13(11-24)22-19-21-10-15(18(20)23-19)17(26)14-7-3-4-8-16(14)27-2/h3-4,7-8,10,13H,5-6,9,11H2,1-2H3,(H3,20,21,22,23)/p+1. The molecule has 0 saturated carbocycles. The molecule has 8 nitrogen and oxygen atoms in total. The van der Waals surface area contributed by atoms with E-state index in [4.69, 9.17) is 10.5 Å². The summed E-state index contributed by atoms with van der Waals surface area (Å²) in [4.78, 5) is 33.4. The minimum absolute atomic E-state index is 0.0655. The summed E-state index contributed by atoms with van der Waals surface area (Å²) in [7, 11) is 1.52. The third-order valence-electron chi connectivity index (χ3n) is 4.67. The SMILES string of the molecule is COc1ccccc1C(=O)c1c[nH+]c(NC2CCCN(C(C)=O)C2)nc1N. The number of carbonyl (C=O) groups is 2. The normalized spacial score (nSPS) is 16.7. The van der Waals surface area contributed by atoms with Gasteiger partial charge >= 0.3 is 5.95 Å². The first-order chi connectivity index (χ1) is 13.0. The van der Waals surface area contributed by atoms with Gasteiger partial charge in [-0.05, 0) is 25.0 Å². The zero-order valence-electron chi connectivity index (χ0n) is 15.5. The molecule has 0 spiro atoms. The predicted octanol–water partition coefficient (Wildman–Crippen LogP) is 1.14. The molecular formula is C19H24N5O3+. The van der Waals surface area contributed by atoms with E-state index in [1.165, 1.54) is 7.11 Å². The zero-order chi connectivity index (χ0) is 19.4. The molecule has 1 aliphatic rings. The minimum atomic E-state index is -0.263. The Morgan fingerprint density at radius 1 is 1.33 bits per heavy atom. The van der Waals surface area contributed by atoms with Gasteiger partial charge in [0.25, 0.3) is 0 Å². The van der Waals surface area contributed by atoms with Crippen molar-refractivity contribution in [2.75, 3.05) is 31.2 Å². The van der Waals surface area contributed by atoms with Crippen molar-refractivity contribution in [3.63, 3.8) is 0 Å². The summed E-state index contributed by atoms with van der Waals surface area (Å²) in [6, 6.07) is 7.06. The number of piperidine rings is 1. The number of para-hydroxylation sites is 1. The molecule has 1 saturated heterocycles. The summed E-state index contributed by atoms with van der Waals surface area (Å²) in [5, 5.41) is 3.26. The van der Waals surface area contributed by atoms with Crippen LogP contribution in [0.2, 0.25) is 0 Å². The summed E-state index contributed by atoms with van der Waals surface area (Å²) in [6.45, 7) is 2.97. The van der Waals surface area contributed by atoms with Gasteiger partial charge in [0.1, 0.15) is 11.3 Å². The van der Waals surface area contributed by atoms with Crippen LogP contribution in [0.1, 0.15) is 35.7 Å². The van der Waals surface area contributed by atoms with Crippen molar-refractivity contribution in [2.24, 2.45) is 0 Å². The smallest absolute Gasteiger partial charge is 0.391 e. The Balaban J connectivity index is 1.76. The van der Waals surface area contributed by atoms with Gasteiger partial charge in [0.2, 0.25) is 17.5 Å². The molecule has 27 heavy (non-hydrogen) atoms. The lowest BCUT2D eigenvalue weighted by atomic mass is 10.0. The fourth-order valence-electron chi connectivity index (χ4n) is 3.23. The highest BCUT2D eigenvalue weighted by atomic mass is 16.5. The van der Waals surface area contributed by atoms with E-state index in [-0.39, 0.29) is 29.1 Å². The number of carbonyl (C=O) groups excluding carboxylic acids is 2. The number of ether oxygens (including phenoxy) is 1. The first-order valence-electron chi connectivity index (χ1n) is 8.87. The lowest BCUT2D eigenvalue weighted by molar-refractivity contribution is -0.365. The predicted molar refractivity (Wildman–Crippen MR) is 101 cm³/mol. The average Bonchev–Trinajstić information content (AvgIpc) is 2.67. The van der Waals surface area contributed by atoms with Gasteiger partial charge in [0, 0.05) is 13.5 Å². The number of benzene rings is 1. The molecule has 1 aromatic heterocycles. The maximum absolute atomic E-state index is 12.8. The van der Waals surface area contributed by atoms with Crippen molar-refractivity contribution >= 4 is 23.5 Å². The number of nitrogens with one attached hydrogen (secondary N) is 2. The van der Waals surface area contributed by atoms with Crippen molar-refractivity contribution in [3.05, 3.63) is 41.6 Å². The van der Waals surface area contributed by atoms with Gasteiger partial charge in [-0.15, -0.1) is 0 Å². The van der Waals surface area contributed by atoms with Gasteiger partial charge < -0.3 is 15.4 Å². The second-order valence-corrected chi connectivity index (χ2v) is 6.53. The van der Waals surface area contributed by atoms with Crippen LogP contribution >= 0.6 is 0 Å². The molecule has 2 aromatic rings. The van der Waals surface area contributed by atoms with Gasteiger partial charge in [-0.3, -0.25) is 14.9 Å². The monoisotopic (exact) mass is 370 g/mol. The fraction of sp³-hybridized carbons (Fsp3) is 0.368. The molecule has 2 heterocycles. The van der Waals surface area contributed by atoms with E-state index in [2.05, 4.69) is 15.3 Å².